The number of rotatable bonds is 4. The normalized spacial score (nSPS) is 24.4. The molecule has 1 saturated heterocycles. The molecule has 2 rings (SSSR count). The van der Waals surface area contributed by atoms with Crippen LogP contribution >= 0.6 is 11.3 Å². The number of aryl methyl sites for hydroxylation is 2. The molecule has 106 valence electrons. The minimum Gasteiger partial charge on any atom is -0.348 e. The van der Waals surface area contributed by atoms with E-state index in [-0.39, 0.29) is 17.4 Å². The van der Waals surface area contributed by atoms with Crippen molar-refractivity contribution >= 4 is 17.2 Å². The van der Waals surface area contributed by atoms with Gasteiger partial charge in [-0.05, 0) is 40.2 Å². The van der Waals surface area contributed by atoms with Crippen LogP contribution in [0.2, 0.25) is 0 Å². The minimum absolute atomic E-state index is 0.0442. The lowest BCUT2D eigenvalue weighted by Gasteiger charge is -2.27. The van der Waals surface area contributed by atoms with Gasteiger partial charge in [-0.3, -0.25) is 4.79 Å². The molecule has 4 nitrogen and oxygen atoms in total. The molecule has 0 aliphatic carbocycles. The highest BCUT2D eigenvalue weighted by Crippen LogP contribution is 2.31. The number of nitrogens with zero attached hydrogens (tertiary/aromatic N) is 1. The number of carbonyl (C=O) groups excluding carboxylic acids is 1. The van der Waals surface area contributed by atoms with Crippen LogP contribution < -0.4 is 10.6 Å². The number of aromatic nitrogens is 1. The fraction of sp³-hybridized carbons (Fsp3) is 0.714. The van der Waals surface area contributed by atoms with Crippen LogP contribution in [0.15, 0.2) is 0 Å². The van der Waals surface area contributed by atoms with Gasteiger partial charge in [-0.15, -0.1) is 11.3 Å². The van der Waals surface area contributed by atoms with Crippen molar-refractivity contribution < 1.29 is 4.79 Å². The molecule has 0 radical (unpaired) electrons. The zero-order valence-corrected chi connectivity index (χ0v) is 13.0. The van der Waals surface area contributed by atoms with E-state index in [2.05, 4.69) is 22.5 Å². The van der Waals surface area contributed by atoms with Gasteiger partial charge in [0.1, 0.15) is 0 Å². The van der Waals surface area contributed by atoms with Gasteiger partial charge in [-0.25, -0.2) is 4.98 Å². The Labute approximate surface area is 119 Å². The van der Waals surface area contributed by atoms with Gasteiger partial charge in [0.05, 0.1) is 22.2 Å². The molecule has 2 unspecified atom stereocenters. The summed E-state index contributed by atoms with van der Waals surface area (Å²) in [5.41, 5.74) is 0.812. The molecule has 2 N–H and O–H groups in total. The maximum atomic E-state index is 12.5. The van der Waals surface area contributed by atoms with E-state index in [4.69, 9.17) is 0 Å². The SMILES string of the molecule is CCC1(C(=O)NC(C)c2sc(C)nc2C)CCNC1. The largest absolute Gasteiger partial charge is 0.348 e. The summed E-state index contributed by atoms with van der Waals surface area (Å²) in [6.07, 6.45) is 1.82. The molecule has 19 heavy (non-hydrogen) atoms. The number of thiazole rings is 1. The minimum atomic E-state index is -0.220. The molecule has 1 aromatic heterocycles. The quantitative estimate of drug-likeness (QED) is 0.890. The number of amides is 1. The summed E-state index contributed by atoms with van der Waals surface area (Å²) >= 11 is 1.67. The lowest BCUT2D eigenvalue weighted by atomic mass is 9.83. The Kier molecular flexibility index (Phi) is 4.26. The van der Waals surface area contributed by atoms with E-state index in [0.29, 0.717) is 0 Å². The van der Waals surface area contributed by atoms with Crippen LogP contribution in [0.5, 0.6) is 0 Å². The molecular weight excluding hydrogens is 258 g/mol. The fourth-order valence-electron chi connectivity index (χ4n) is 2.76. The van der Waals surface area contributed by atoms with Crippen LogP contribution in [0.1, 0.15) is 48.3 Å². The van der Waals surface area contributed by atoms with Crippen LogP contribution in [0.25, 0.3) is 0 Å². The van der Waals surface area contributed by atoms with E-state index in [1.54, 1.807) is 11.3 Å². The predicted molar refractivity (Wildman–Crippen MR) is 78.4 cm³/mol. The van der Waals surface area contributed by atoms with Gasteiger partial charge < -0.3 is 10.6 Å². The van der Waals surface area contributed by atoms with Crippen molar-refractivity contribution in [2.75, 3.05) is 13.1 Å². The maximum absolute atomic E-state index is 12.5. The highest BCUT2D eigenvalue weighted by molar-refractivity contribution is 7.11. The molecule has 1 fully saturated rings. The average molecular weight is 281 g/mol. The number of hydrogen-bond donors (Lipinski definition) is 2. The third-order valence-corrected chi connectivity index (χ3v) is 5.34. The molecule has 5 heteroatoms. The monoisotopic (exact) mass is 281 g/mol. The molecule has 2 atom stereocenters. The molecule has 1 aromatic rings. The van der Waals surface area contributed by atoms with Crippen molar-refractivity contribution in [3.8, 4) is 0 Å². The first-order valence-electron chi connectivity index (χ1n) is 6.94. The van der Waals surface area contributed by atoms with E-state index in [1.807, 2.05) is 20.8 Å². The lowest BCUT2D eigenvalue weighted by Crippen LogP contribution is -2.43. The Balaban J connectivity index is 2.08. The molecular formula is C14H23N3OS. The van der Waals surface area contributed by atoms with Gasteiger partial charge >= 0.3 is 0 Å². The zero-order chi connectivity index (χ0) is 14.0. The Bertz CT molecular complexity index is 463. The van der Waals surface area contributed by atoms with Gasteiger partial charge in [-0.1, -0.05) is 6.92 Å². The number of carbonyl (C=O) groups is 1. The Hall–Kier alpha value is -0.940. The summed E-state index contributed by atoms with van der Waals surface area (Å²) in [5, 5.41) is 7.54. The van der Waals surface area contributed by atoms with E-state index in [1.165, 1.54) is 4.88 Å². The average Bonchev–Trinajstić information content (AvgIpc) is 2.96. The second-order valence-corrected chi connectivity index (χ2v) is 6.67. The van der Waals surface area contributed by atoms with Crippen LogP contribution in [0.4, 0.5) is 0 Å². The smallest absolute Gasteiger partial charge is 0.228 e. The summed E-state index contributed by atoms with van der Waals surface area (Å²) in [5.74, 6) is 0.179. The van der Waals surface area contributed by atoms with Crippen molar-refractivity contribution in [1.82, 2.24) is 15.6 Å². The second kappa shape index (κ2) is 5.59. The summed E-state index contributed by atoms with van der Waals surface area (Å²) in [7, 11) is 0. The van der Waals surface area contributed by atoms with Crippen LogP contribution in [-0.4, -0.2) is 24.0 Å². The summed E-state index contributed by atoms with van der Waals surface area (Å²) in [6, 6.07) is 0.0442. The van der Waals surface area contributed by atoms with Crippen molar-refractivity contribution in [2.45, 2.75) is 46.6 Å². The van der Waals surface area contributed by atoms with Crippen molar-refractivity contribution in [3.05, 3.63) is 15.6 Å². The predicted octanol–water partition coefficient (Wildman–Crippen LogP) is 2.33. The van der Waals surface area contributed by atoms with Gasteiger partial charge in [-0.2, -0.15) is 0 Å². The van der Waals surface area contributed by atoms with Crippen LogP contribution in [0, 0.1) is 19.3 Å². The molecule has 1 aliphatic rings. The first-order valence-corrected chi connectivity index (χ1v) is 7.76. The van der Waals surface area contributed by atoms with Gasteiger partial charge in [0.2, 0.25) is 5.91 Å². The molecule has 0 saturated carbocycles. The Morgan fingerprint density at radius 1 is 1.58 bits per heavy atom. The van der Waals surface area contributed by atoms with Crippen molar-refractivity contribution in [2.24, 2.45) is 5.41 Å². The van der Waals surface area contributed by atoms with Crippen LogP contribution in [-0.2, 0) is 4.79 Å². The van der Waals surface area contributed by atoms with E-state index < -0.39 is 0 Å². The summed E-state index contributed by atoms with van der Waals surface area (Å²) in [4.78, 5) is 18.1. The highest BCUT2D eigenvalue weighted by Gasteiger charge is 2.40. The van der Waals surface area contributed by atoms with Gasteiger partial charge in [0.15, 0.2) is 0 Å². The maximum Gasteiger partial charge on any atom is 0.228 e. The second-order valence-electron chi connectivity index (χ2n) is 5.44. The van der Waals surface area contributed by atoms with Crippen LogP contribution in [0.3, 0.4) is 0 Å². The first kappa shape index (κ1) is 14.5. The molecule has 1 aliphatic heterocycles. The standard InChI is InChI=1S/C14H23N3OS/c1-5-14(6-7-15-8-14)13(18)17-10(3)12-9(2)16-11(4)19-12/h10,15H,5-8H2,1-4H3,(H,17,18). The Morgan fingerprint density at radius 2 is 2.32 bits per heavy atom. The first-order chi connectivity index (χ1) is 8.98. The summed E-state index contributed by atoms with van der Waals surface area (Å²) < 4.78 is 0. The summed E-state index contributed by atoms with van der Waals surface area (Å²) in [6.45, 7) is 9.89. The zero-order valence-electron chi connectivity index (χ0n) is 12.2. The topological polar surface area (TPSA) is 54.0 Å². The lowest BCUT2D eigenvalue weighted by molar-refractivity contribution is -0.131. The molecule has 0 bridgehead atoms. The van der Waals surface area contributed by atoms with E-state index >= 15 is 0 Å². The number of nitrogens with one attached hydrogen (secondary N) is 2. The van der Waals surface area contributed by atoms with Gasteiger partial charge in [0.25, 0.3) is 0 Å². The Morgan fingerprint density at radius 3 is 2.79 bits per heavy atom. The molecule has 2 heterocycles. The third-order valence-electron chi connectivity index (χ3n) is 4.08. The highest BCUT2D eigenvalue weighted by atomic mass is 32.1. The number of hydrogen-bond acceptors (Lipinski definition) is 4. The van der Waals surface area contributed by atoms with Gasteiger partial charge in [0, 0.05) is 11.4 Å². The molecule has 0 spiro atoms. The van der Waals surface area contributed by atoms with E-state index in [0.717, 1.165) is 36.6 Å². The fourth-order valence-corrected chi connectivity index (χ4v) is 3.69. The van der Waals surface area contributed by atoms with Crippen molar-refractivity contribution in [3.63, 3.8) is 0 Å². The van der Waals surface area contributed by atoms with E-state index in [9.17, 15) is 4.79 Å². The molecule has 0 aromatic carbocycles. The third kappa shape index (κ3) is 2.82. The molecule has 1 amide bonds. The van der Waals surface area contributed by atoms with Crippen molar-refractivity contribution in [1.29, 1.82) is 0 Å².